The van der Waals surface area contributed by atoms with Gasteiger partial charge in [0.15, 0.2) is 0 Å². The van der Waals surface area contributed by atoms with E-state index in [1.165, 1.54) is 0 Å². The van der Waals surface area contributed by atoms with Crippen molar-refractivity contribution in [3.05, 3.63) is 71.4 Å². The Labute approximate surface area is 132 Å². The van der Waals surface area contributed by atoms with Crippen molar-refractivity contribution in [2.24, 2.45) is 7.05 Å². The van der Waals surface area contributed by atoms with E-state index in [-0.39, 0.29) is 11.4 Å². The summed E-state index contributed by atoms with van der Waals surface area (Å²) in [6.45, 7) is 0. The Morgan fingerprint density at radius 1 is 1.00 bits per heavy atom. The molecule has 0 aliphatic carbocycles. The monoisotopic (exact) mass is 303 g/mol. The van der Waals surface area contributed by atoms with Crippen LogP contribution in [0.2, 0.25) is 0 Å². The Hall–Kier alpha value is -3.14. The average Bonchev–Trinajstić information content (AvgIpc) is 2.88. The van der Waals surface area contributed by atoms with Crippen molar-refractivity contribution in [1.29, 1.82) is 0 Å². The van der Waals surface area contributed by atoms with Crippen LogP contribution in [0.15, 0.2) is 60.3 Å². The number of esters is 1. The van der Waals surface area contributed by atoms with Gasteiger partial charge in [0.25, 0.3) is 0 Å². The SMILES string of the molecule is Cn1cc(/C=C2\C(=O)Oc3ccccc3C2=O)c2ccccc21. The first-order valence-electron chi connectivity index (χ1n) is 7.27. The number of hydrogen-bond acceptors (Lipinski definition) is 3. The molecule has 0 unspecified atom stereocenters. The average molecular weight is 303 g/mol. The molecule has 0 saturated heterocycles. The number of carbonyl (C=O) groups excluding carboxylic acids is 2. The zero-order valence-electron chi connectivity index (χ0n) is 12.4. The molecule has 0 fully saturated rings. The number of fused-ring (bicyclic) bond motifs is 2. The van der Waals surface area contributed by atoms with Crippen LogP contribution in [0.5, 0.6) is 5.75 Å². The largest absolute Gasteiger partial charge is 0.422 e. The molecule has 2 aromatic carbocycles. The van der Waals surface area contributed by atoms with Crippen molar-refractivity contribution in [2.45, 2.75) is 0 Å². The summed E-state index contributed by atoms with van der Waals surface area (Å²) in [7, 11) is 1.93. The molecule has 0 bridgehead atoms. The van der Waals surface area contributed by atoms with E-state index < -0.39 is 5.97 Å². The molecule has 4 heteroatoms. The maximum atomic E-state index is 12.6. The zero-order chi connectivity index (χ0) is 16.0. The molecule has 0 N–H and O–H groups in total. The highest BCUT2D eigenvalue weighted by Crippen LogP contribution is 2.30. The molecule has 1 aromatic heterocycles. The van der Waals surface area contributed by atoms with Crippen molar-refractivity contribution >= 4 is 28.7 Å². The summed E-state index contributed by atoms with van der Waals surface area (Å²) in [6, 6.07) is 14.6. The van der Waals surface area contributed by atoms with Gasteiger partial charge in [-0.3, -0.25) is 4.79 Å². The lowest BCUT2D eigenvalue weighted by Gasteiger charge is -2.16. The van der Waals surface area contributed by atoms with Gasteiger partial charge in [-0.1, -0.05) is 30.3 Å². The summed E-state index contributed by atoms with van der Waals surface area (Å²) in [5.41, 5.74) is 2.33. The summed E-state index contributed by atoms with van der Waals surface area (Å²) in [4.78, 5) is 24.8. The minimum absolute atomic E-state index is 0.0556. The van der Waals surface area contributed by atoms with Gasteiger partial charge >= 0.3 is 5.97 Å². The number of Topliss-reactive ketones (excluding diaryl/α,β-unsaturated/α-hetero) is 1. The molecule has 3 aromatic rings. The number of para-hydroxylation sites is 2. The molecular weight excluding hydrogens is 290 g/mol. The first-order chi connectivity index (χ1) is 11.1. The quantitative estimate of drug-likeness (QED) is 0.300. The second-order valence-electron chi connectivity index (χ2n) is 5.49. The van der Waals surface area contributed by atoms with Crippen LogP contribution in [-0.2, 0) is 11.8 Å². The van der Waals surface area contributed by atoms with Gasteiger partial charge in [0.2, 0.25) is 5.78 Å². The van der Waals surface area contributed by atoms with Gasteiger partial charge in [-0.15, -0.1) is 0 Å². The Morgan fingerprint density at radius 2 is 1.74 bits per heavy atom. The summed E-state index contributed by atoms with van der Waals surface area (Å²) >= 11 is 0. The normalized spacial score (nSPS) is 15.8. The highest BCUT2D eigenvalue weighted by Gasteiger charge is 2.30. The van der Waals surface area contributed by atoms with Crippen LogP contribution in [0.3, 0.4) is 0 Å². The van der Waals surface area contributed by atoms with Gasteiger partial charge in [0.1, 0.15) is 11.3 Å². The second kappa shape index (κ2) is 4.95. The number of benzene rings is 2. The fourth-order valence-electron chi connectivity index (χ4n) is 2.90. The fraction of sp³-hybridized carbons (Fsp3) is 0.0526. The Kier molecular flexibility index (Phi) is 2.91. The van der Waals surface area contributed by atoms with E-state index in [9.17, 15) is 9.59 Å². The van der Waals surface area contributed by atoms with Crippen LogP contribution < -0.4 is 4.74 Å². The van der Waals surface area contributed by atoms with E-state index in [1.54, 1.807) is 30.3 Å². The maximum absolute atomic E-state index is 12.6. The molecule has 1 aliphatic rings. The lowest BCUT2D eigenvalue weighted by molar-refractivity contribution is -0.130. The van der Waals surface area contributed by atoms with E-state index in [1.807, 2.05) is 42.1 Å². The summed E-state index contributed by atoms with van der Waals surface area (Å²) in [5, 5.41) is 0.988. The van der Waals surface area contributed by atoms with Crippen molar-refractivity contribution in [3.63, 3.8) is 0 Å². The van der Waals surface area contributed by atoms with Crippen molar-refractivity contribution < 1.29 is 14.3 Å². The molecule has 4 rings (SSSR count). The minimum atomic E-state index is -0.610. The molecule has 0 saturated carbocycles. The summed E-state index contributed by atoms with van der Waals surface area (Å²) in [5.74, 6) is -0.594. The predicted molar refractivity (Wildman–Crippen MR) is 87.3 cm³/mol. The number of hydrogen-bond donors (Lipinski definition) is 0. The van der Waals surface area contributed by atoms with E-state index in [0.717, 1.165) is 16.5 Å². The molecule has 0 atom stereocenters. The van der Waals surface area contributed by atoms with E-state index in [0.29, 0.717) is 11.3 Å². The lowest BCUT2D eigenvalue weighted by Crippen LogP contribution is -2.24. The molecule has 0 radical (unpaired) electrons. The number of aryl methyl sites for hydroxylation is 1. The first kappa shape index (κ1) is 13.5. The predicted octanol–water partition coefficient (Wildman–Crippen LogP) is 3.36. The number of aromatic nitrogens is 1. The van der Waals surface area contributed by atoms with E-state index >= 15 is 0 Å². The Bertz CT molecular complexity index is 995. The smallest absolute Gasteiger partial charge is 0.347 e. The van der Waals surface area contributed by atoms with Crippen LogP contribution in [-0.4, -0.2) is 16.3 Å². The number of rotatable bonds is 1. The highest BCUT2D eigenvalue weighted by molar-refractivity contribution is 6.30. The number of nitrogens with zero attached hydrogens (tertiary/aromatic N) is 1. The fourth-order valence-corrected chi connectivity index (χ4v) is 2.90. The molecule has 0 spiro atoms. The topological polar surface area (TPSA) is 48.3 Å². The van der Waals surface area contributed by atoms with Crippen LogP contribution in [0.25, 0.3) is 17.0 Å². The number of ether oxygens (including phenoxy) is 1. The molecule has 4 nitrogen and oxygen atoms in total. The van der Waals surface area contributed by atoms with Crippen LogP contribution in [0.4, 0.5) is 0 Å². The summed E-state index contributed by atoms with van der Waals surface area (Å²) < 4.78 is 7.24. The van der Waals surface area contributed by atoms with Crippen molar-refractivity contribution in [1.82, 2.24) is 4.57 Å². The summed E-state index contributed by atoms with van der Waals surface area (Å²) in [6.07, 6.45) is 3.52. The van der Waals surface area contributed by atoms with Gasteiger partial charge in [-0.2, -0.15) is 0 Å². The Balaban J connectivity index is 1.88. The minimum Gasteiger partial charge on any atom is -0.422 e. The van der Waals surface area contributed by atoms with Gasteiger partial charge in [0.05, 0.1) is 5.56 Å². The molecule has 112 valence electrons. The first-order valence-corrected chi connectivity index (χ1v) is 7.27. The standard InChI is InChI=1S/C19H13NO3/c1-20-11-12(13-6-2-4-8-16(13)20)10-15-18(21)14-7-3-5-9-17(14)23-19(15)22/h2-11H,1H3/b15-10-. The molecule has 0 amide bonds. The highest BCUT2D eigenvalue weighted by atomic mass is 16.5. The molecule has 2 heterocycles. The zero-order valence-corrected chi connectivity index (χ0v) is 12.4. The van der Waals surface area contributed by atoms with Gasteiger partial charge in [-0.05, 0) is 24.3 Å². The third-order valence-electron chi connectivity index (χ3n) is 4.03. The van der Waals surface area contributed by atoms with Crippen molar-refractivity contribution in [3.8, 4) is 5.75 Å². The van der Waals surface area contributed by atoms with Crippen LogP contribution in [0, 0.1) is 0 Å². The second-order valence-corrected chi connectivity index (χ2v) is 5.49. The third kappa shape index (κ3) is 2.07. The number of carbonyl (C=O) groups is 2. The van der Waals surface area contributed by atoms with Crippen LogP contribution >= 0.6 is 0 Å². The van der Waals surface area contributed by atoms with E-state index in [4.69, 9.17) is 4.74 Å². The number of ketones is 1. The maximum Gasteiger partial charge on any atom is 0.347 e. The molecular formula is C19H13NO3. The van der Waals surface area contributed by atoms with E-state index in [2.05, 4.69) is 0 Å². The lowest BCUT2D eigenvalue weighted by atomic mass is 9.98. The Morgan fingerprint density at radius 3 is 2.61 bits per heavy atom. The van der Waals surface area contributed by atoms with Gasteiger partial charge < -0.3 is 9.30 Å². The van der Waals surface area contributed by atoms with Crippen LogP contribution in [0.1, 0.15) is 15.9 Å². The van der Waals surface area contributed by atoms with Gasteiger partial charge in [-0.25, -0.2) is 4.79 Å². The van der Waals surface area contributed by atoms with Crippen molar-refractivity contribution in [2.75, 3.05) is 0 Å². The molecule has 23 heavy (non-hydrogen) atoms. The van der Waals surface area contributed by atoms with Gasteiger partial charge in [0, 0.05) is 29.7 Å². The third-order valence-corrected chi connectivity index (χ3v) is 4.03. The molecule has 1 aliphatic heterocycles.